The predicted molar refractivity (Wildman–Crippen MR) is 73.1 cm³/mol. The van der Waals surface area contributed by atoms with Gasteiger partial charge in [0.1, 0.15) is 0 Å². The van der Waals surface area contributed by atoms with Crippen molar-refractivity contribution < 1.29 is 0 Å². The van der Waals surface area contributed by atoms with E-state index in [1.165, 1.54) is 31.5 Å². The fourth-order valence-electron chi connectivity index (χ4n) is 2.54. The quantitative estimate of drug-likeness (QED) is 0.814. The number of benzene rings is 1. The predicted octanol–water partition coefficient (Wildman–Crippen LogP) is 2.08. The van der Waals surface area contributed by atoms with Crippen LogP contribution in [-0.4, -0.2) is 43.0 Å². The highest BCUT2D eigenvalue weighted by molar-refractivity contribution is 5.31. The zero-order valence-corrected chi connectivity index (χ0v) is 11.3. The lowest BCUT2D eigenvalue weighted by Gasteiger charge is -2.35. The van der Waals surface area contributed by atoms with Crippen molar-refractivity contribution in [1.29, 1.82) is 5.26 Å². The number of nitriles is 1. The van der Waals surface area contributed by atoms with E-state index in [2.05, 4.69) is 42.1 Å². The molecule has 1 fully saturated rings. The Morgan fingerprint density at radius 1 is 1.28 bits per heavy atom. The number of hydrogen-bond donors (Lipinski definition) is 0. The van der Waals surface area contributed by atoms with Gasteiger partial charge in [0.05, 0.1) is 11.6 Å². The summed E-state index contributed by atoms with van der Waals surface area (Å²) in [7, 11) is 4.39. The fraction of sp³-hybridized carbons (Fsp3) is 0.533. The first-order valence-corrected chi connectivity index (χ1v) is 6.57. The van der Waals surface area contributed by atoms with Crippen LogP contribution in [0.2, 0.25) is 0 Å². The van der Waals surface area contributed by atoms with Crippen LogP contribution in [0.15, 0.2) is 24.3 Å². The van der Waals surface area contributed by atoms with Crippen molar-refractivity contribution >= 4 is 0 Å². The molecular weight excluding hydrogens is 222 g/mol. The van der Waals surface area contributed by atoms with Gasteiger partial charge in [0.15, 0.2) is 0 Å². The topological polar surface area (TPSA) is 30.3 Å². The molecule has 3 heteroatoms. The van der Waals surface area contributed by atoms with Gasteiger partial charge in [-0.15, -0.1) is 0 Å². The Kier molecular flexibility index (Phi) is 4.35. The van der Waals surface area contributed by atoms with Crippen LogP contribution in [0.3, 0.4) is 0 Å². The van der Waals surface area contributed by atoms with Crippen molar-refractivity contribution in [3.05, 3.63) is 35.4 Å². The van der Waals surface area contributed by atoms with Gasteiger partial charge in [-0.25, -0.2) is 0 Å². The van der Waals surface area contributed by atoms with Crippen molar-refractivity contribution in [3.8, 4) is 6.07 Å². The van der Waals surface area contributed by atoms with E-state index in [-0.39, 0.29) is 0 Å². The van der Waals surface area contributed by atoms with E-state index >= 15 is 0 Å². The lowest BCUT2D eigenvalue weighted by atomic mass is 10.0. The maximum Gasteiger partial charge on any atom is 0.0991 e. The summed E-state index contributed by atoms with van der Waals surface area (Å²) in [5.41, 5.74) is 2.02. The van der Waals surface area contributed by atoms with Crippen molar-refractivity contribution in [2.45, 2.75) is 25.4 Å². The van der Waals surface area contributed by atoms with Gasteiger partial charge in [0, 0.05) is 12.6 Å². The van der Waals surface area contributed by atoms with Gasteiger partial charge in [-0.05, 0) is 57.7 Å². The highest BCUT2D eigenvalue weighted by Crippen LogP contribution is 2.16. The molecule has 1 aromatic rings. The van der Waals surface area contributed by atoms with Gasteiger partial charge in [-0.3, -0.25) is 4.90 Å². The van der Waals surface area contributed by atoms with Gasteiger partial charge in [-0.2, -0.15) is 5.26 Å². The third-order valence-electron chi connectivity index (χ3n) is 3.83. The molecule has 1 heterocycles. The Labute approximate surface area is 110 Å². The number of likely N-dealkylation sites (tertiary alicyclic amines) is 1. The molecule has 3 nitrogen and oxygen atoms in total. The van der Waals surface area contributed by atoms with Crippen molar-refractivity contribution in [3.63, 3.8) is 0 Å². The maximum atomic E-state index is 8.77. The van der Waals surface area contributed by atoms with Crippen LogP contribution < -0.4 is 0 Å². The molecule has 1 aliphatic rings. The molecule has 1 saturated heterocycles. The van der Waals surface area contributed by atoms with Gasteiger partial charge in [0.2, 0.25) is 0 Å². The van der Waals surface area contributed by atoms with Crippen LogP contribution in [0.1, 0.15) is 24.0 Å². The van der Waals surface area contributed by atoms with Gasteiger partial charge >= 0.3 is 0 Å². The highest BCUT2D eigenvalue weighted by Gasteiger charge is 2.20. The largest absolute Gasteiger partial charge is 0.306 e. The van der Waals surface area contributed by atoms with E-state index in [9.17, 15) is 0 Å². The van der Waals surface area contributed by atoms with Gasteiger partial charge in [-0.1, -0.05) is 12.1 Å². The second kappa shape index (κ2) is 5.99. The molecule has 0 aliphatic carbocycles. The van der Waals surface area contributed by atoms with Crippen LogP contribution in [0.25, 0.3) is 0 Å². The van der Waals surface area contributed by atoms with Crippen molar-refractivity contribution in [2.75, 3.05) is 27.2 Å². The molecule has 1 aliphatic heterocycles. The summed E-state index contributed by atoms with van der Waals surface area (Å²) >= 11 is 0. The Hall–Kier alpha value is -1.37. The fourth-order valence-corrected chi connectivity index (χ4v) is 2.54. The standard InChI is InChI=1S/C15H21N3/c1-17-9-7-15(8-10-17)18(2)12-14-5-3-13(11-16)4-6-14/h3-6,15H,7-10,12H2,1-2H3. The Morgan fingerprint density at radius 3 is 2.44 bits per heavy atom. The molecule has 0 N–H and O–H groups in total. The van der Waals surface area contributed by atoms with Crippen LogP contribution in [0, 0.1) is 11.3 Å². The van der Waals surface area contributed by atoms with Crippen LogP contribution in [0.4, 0.5) is 0 Å². The molecule has 0 amide bonds. The summed E-state index contributed by atoms with van der Waals surface area (Å²) in [5.74, 6) is 0. The second-order valence-electron chi connectivity index (χ2n) is 5.26. The van der Waals surface area contributed by atoms with Crippen molar-refractivity contribution in [1.82, 2.24) is 9.80 Å². The Bertz CT molecular complexity index is 410. The maximum absolute atomic E-state index is 8.77. The average Bonchev–Trinajstić information content (AvgIpc) is 2.40. The molecule has 0 aromatic heterocycles. The smallest absolute Gasteiger partial charge is 0.0991 e. The lowest BCUT2D eigenvalue weighted by Crippen LogP contribution is -2.41. The molecule has 1 aromatic carbocycles. The molecule has 0 saturated carbocycles. The van der Waals surface area contributed by atoms with E-state index in [1.54, 1.807) is 0 Å². The van der Waals surface area contributed by atoms with E-state index in [1.807, 2.05) is 12.1 Å². The summed E-state index contributed by atoms with van der Waals surface area (Å²) in [6.07, 6.45) is 2.51. The highest BCUT2D eigenvalue weighted by atomic mass is 15.2. The van der Waals surface area contributed by atoms with E-state index in [0.29, 0.717) is 6.04 Å². The van der Waals surface area contributed by atoms with E-state index in [0.717, 1.165) is 12.1 Å². The van der Waals surface area contributed by atoms with Crippen LogP contribution >= 0.6 is 0 Å². The molecule has 0 atom stereocenters. The number of piperidine rings is 1. The number of hydrogen-bond acceptors (Lipinski definition) is 3. The molecule has 18 heavy (non-hydrogen) atoms. The number of rotatable bonds is 3. The van der Waals surface area contributed by atoms with Crippen molar-refractivity contribution in [2.24, 2.45) is 0 Å². The molecule has 0 unspecified atom stereocenters. The van der Waals surface area contributed by atoms with Crippen LogP contribution in [0.5, 0.6) is 0 Å². The van der Waals surface area contributed by atoms with Gasteiger partial charge in [0.25, 0.3) is 0 Å². The lowest BCUT2D eigenvalue weighted by molar-refractivity contribution is 0.139. The van der Waals surface area contributed by atoms with E-state index < -0.39 is 0 Å². The van der Waals surface area contributed by atoms with Gasteiger partial charge < -0.3 is 4.90 Å². The second-order valence-corrected chi connectivity index (χ2v) is 5.26. The normalized spacial score (nSPS) is 17.9. The Balaban J connectivity index is 1.90. The summed E-state index contributed by atoms with van der Waals surface area (Å²) in [6, 6.07) is 10.8. The number of nitrogens with zero attached hydrogens (tertiary/aromatic N) is 3. The minimum Gasteiger partial charge on any atom is -0.306 e. The first kappa shape index (κ1) is 13.1. The molecule has 96 valence electrons. The SMILES string of the molecule is CN1CCC(N(C)Cc2ccc(C#N)cc2)CC1. The Morgan fingerprint density at radius 2 is 1.89 bits per heavy atom. The summed E-state index contributed by atoms with van der Waals surface area (Å²) < 4.78 is 0. The third kappa shape index (κ3) is 3.32. The zero-order chi connectivity index (χ0) is 13.0. The van der Waals surface area contributed by atoms with Crippen LogP contribution in [-0.2, 0) is 6.54 Å². The zero-order valence-electron chi connectivity index (χ0n) is 11.3. The average molecular weight is 243 g/mol. The first-order chi connectivity index (χ1) is 8.69. The monoisotopic (exact) mass is 243 g/mol. The molecule has 2 rings (SSSR count). The van der Waals surface area contributed by atoms with E-state index in [4.69, 9.17) is 5.26 Å². The first-order valence-electron chi connectivity index (χ1n) is 6.57. The summed E-state index contributed by atoms with van der Waals surface area (Å²) in [4.78, 5) is 4.83. The third-order valence-corrected chi connectivity index (χ3v) is 3.83. The summed E-state index contributed by atoms with van der Waals surface area (Å²) in [6.45, 7) is 3.37. The molecule has 0 radical (unpaired) electrons. The molecule has 0 bridgehead atoms. The minimum atomic E-state index is 0.692. The molecular formula is C15H21N3. The summed E-state index contributed by atoms with van der Waals surface area (Å²) in [5, 5.41) is 8.77. The molecule has 0 spiro atoms. The minimum absolute atomic E-state index is 0.692.